The van der Waals surface area contributed by atoms with Gasteiger partial charge in [0, 0.05) is 17.1 Å². The molecule has 0 radical (unpaired) electrons. The lowest BCUT2D eigenvalue weighted by Gasteiger charge is -2.46. The second-order valence-electron chi connectivity index (χ2n) is 6.27. The van der Waals surface area contributed by atoms with Crippen LogP contribution in [0.2, 0.25) is 5.15 Å². The van der Waals surface area contributed by atoms with Crippen molar-refractivity contribution in [3.8, 4) is 0 Å². The number of carboxylic acid groups (broad SMARTS) is 1. The van der Waals surface area contributed by atoms with Gasteiger partial charge in [0.1, 0.15) is 16.2 Å². The third-order valence-electron chi connectivity index (χ3n) is 4.39. The minimum Gasteiger partial charge on any atom is -0.477 e. The standard InChI is InChI=1S/C16H12ClN7O5S3/c17-11-6(30-4-19-11)2-1-5-10(15(27)28)24-7(25)3-8(24)31-14(5)21-13(26)9(22-29)12-20-16(18)32-23-12/h1-2,4,8,14,29H,3H2,(H,21,26)(H,27,28)(H2,18,20,23)/t8-,14?/m0/s1. The van der Waals surface area contributed by atoms with Crippen LogP contribution in [-0.4, -0.2) is 63.8 Å². The third-order valence-corrected chi connectivity index (χ3v) is 7.48. The lowest BCUT2D eigenvalue weighted by molar-refractivity contribution is -0.146. The van der Waals surface area contributed by atoms with Crippen LogP contribution in [0, 0.1) is 0 Å². The number of carbonyl (C=O) groups is 3. The number of rotatable bonds is 6. The molecule has 1 fully saturated rings. The summed E-state index contributed by atoms with van der Waals surface area (Å²) in [5.41, 5.74) is 6.44. The van der Waals surface area contributed by atoms with Crippen molar-refractivity contribution in [3.05, 3.63) is 38.7 Å². The Labute approximate surface area is 196 Å². The van der Waals surface area contributed by atoms with Crippen molar-refractivity contribution in [2.45, 2.75) is 17.2 Å². The molecular weight excluding hydrogens is 502 g/mol. The first kappa shape index (κ1) is 22.2. The number of carboxylic acids is 1. The summed E-state index contributed by atoms with van der Waals surface area (Å²) in [6, 6.07) is 0. The van der Waals surface area contributed by atoms with Crippen molar-refractivity contribution in [1.82, 2.24) is 24.6 Å². The Hall–Kier alpha value is -3.01. The van der Waals surface area contributed by atoms with Gasteiger partial charge in [0.25, 0.3) is 5.91 Å². The molecule has 0 bridgehead atoms. The molecule has 16 heteroatoms. The summed E-state index contributed by atoms with van der Waals surface area (Å²) < 4.78 is 3.85. The van der Waals surface area contributed by atoms with Crippen LogP contribution < -0.4 is 11.1 Å². The van der Waals surface area contributed by atoms with Gasteiger partial charge in [-0.2, -0.15) is 9.36 Å². The molecule has 2 amide bonds. The maximum atomic E-state index is 12.8. The van der Waals surface area contributed by atoms with E-state index < -0.39 is 28.3 Å². The Morgan fingerprint density at radius 1 is 1.41 bits per heavy atom. The van der Waals surface area contributed by atoms with Crippen LogP contribution >= 0.6 is 46.2 Å². The number of amides is 2. The molecule has 2 aromatic rings. The second kappa shape index (κ2) is 8.85. The van der Waals surface area contributed by atoms with E-state index >= 15 is 0 Å². The average molecular weight is 514 g/mol. The molecule has 0 saturated carbocycles. The van der Waals surface area contributed by atoms with Gasteiger partial charge >= 0.3 is 5.97 Å². The molecule has 2 aliphatic heterocycles. The van der Waals surface area contributed by atoms with Crippen LogP contribution in [0.3, 0.4) is 0 Å². The van der Waals surface area contributed by atoms with Gasteiger partial charge in [-0.15, -0.1) is 23.1 Å². The smallest absolute Gasteiger partial charge is 0.353 e. The first-order chi connectivity index (χ1) is 15.3. The van der Waals surface area contributed by atoms with E-state index in [0.717, 1.165) is 11.5 Å². The summed E-state index contributed by atoms with van der Waals surface area (Å²) in [7, 11) is 0. The number of hydrogen-bond acceptors (Lipinski definition) is 12. The van der Waals surface area contributed by atoms with Crippen LogP contribution in [0.15, 0.2) is 28.0 Å². The van der Waals surface area contributed by atoms with Gasteiger partial charge in [0.05, 0.1) is 22.2 Å². The first-order valence-electron chi connectivity index (χ1n) is 8.64. The number of nitrogens with two attached hydrogens (primary N) is 1. The highest BCUT2D eigenvalue weighted by Crippen LogP contribution is 2.43. The highest BCUT2D eigenvalue weighted by Gasteiger charge is 2.48. The van der Waals surface area contributed by atoms with Gasteiger partial charge in [0.15, 0.2) is 5.13 Å². The largest absolute Gasteiger partial charge is 0.477 e. The number of nitrogen functional groups attached to an aromatic ring is 1. The number of nitrogens with zero attached hydrogens (tertiary/aromatic N) is 5. The van der Waals surface area contributed by atoms with Crippen molar-refractivity contribution in [3.63, 3.8) is 0 Å². The zero-order chi connectivity index (χ0) is 23.0. The number of halogens is 1. The number of aromatic nitrogens is 3. The number of carbonyl (C=O) groups excluding carboxylic acids is 2. The van der Waals surface area contributed by atoms with Crippen molar-refractivity contribution in [2.75, 3.05) is 5.73 Å². The molecule has 0 aliphatic carbocycles. The number of β-lactam (4-membered cyclic amide) rings is 1. The number of thiazole rings is 1. The van der Waals surface area contributed by atoms with E-state index in [9.17, 15) is 24.7 Å². The number of fused-ring (bicyclic) bond motifs is 1. The number of aliphatic carboxylic acids is 1. The Bertz CT molecular complexity index is 1210. The molecule has 5 N–H and O–H groups in total. The summed E-state index contributed by atoms with van der Waals surface area (Å²) in [6.07, 6.45) is 3.13. The van der Waals surface area contributed by atoms with Crippen LogP contribution in [0.1, 0.15) is 17.1 Å². The molecule has 0 aromatic carbocycles. The molecule has 2 aromatic heterocycles. The molecule has 166 valence electrons. The monoisotopic (exact) mass is 513 g/mol. The molecule has 0 spiro atoms. The topological polar surface area (TPSA) is 184 Å². The van der Waals surface area contributed by atoms with Crippen LogP contribution in [0.5, 0.6) is 0 Å². The Morgan fingerprint density at radius 3 is 2.75 bits per heavy atom. The van der Waals surface area contributed by atoms with E-state index in [2.05, 4.69) is 24.8 Å². The van der Waals surface area contributed by atoms with Gasteiger partial charge in [0.2, 0.25) is 17.4 Å². The normalized spacial score (nSPS) is 21.0. The lowest BCUT2D eigenvalue weighted by Crippen LogP contribution is -2.57. The van der Waals surface area contributed by atoms with E-state index in [1.165, 1.54) is 39.6 Å². The van der Waals surface area contributed by atoms with Crippen LogP contribution in [0.4, 0.5) is 5.13 Å². The maximum Gasteiger partial charge on any atom is 0.353 e. The minimum atomic E-state index is -1.33. The zero-order valence-electron chi connectivity index (χ0n) is 15.6. The van der Waals surface area contributed by atoms with E-state index in [4.69, 9.17) is 17.3 Å². The van der Waals surface area contributed by atoms with Crippen molar-refractivity contribution in [1.29, 1.82) is 0 Å². The number of oxime groups is 1. The Balaban J connectivity index is 1.70. The van der Waals surface area contributed by atoms with E-state index in [1.54, 1.807) is 6.08 Å². The summed E-state index contributed by atoms with van der Waals surface area (Å²) in [6.45, 7) is 0. The fraction of sp³-hybridized carbons (Fsp3) is 0.188. The molecule has 4 rings (SSSR count). The maximum absolute atomic E-state index is 12.8. The fourth-order valence-electron chi connectivity index (χ4n) is 2.99. The predicted octanol–water partition coefficient (Wildman–Crippen LogP) is 1.21. The molecule has 32 heavy (non-hydrogen) atoms. The summed E-state index contributed by atoms with van der Waals surface area (Å²) in [5, 5.41) is 23.6. The molecule has 2 aliphatic rings. The lowest BCUT2D eigenvalue weighted by atomic mass is 10.1. The summed E-state index contributed by atoms with van der Waals surface area (Å²) in [5.74, 6) is -2.70. The third kappa shape index (κ3) is 4.06. The molecule has 12 nitrogen and oxygen atoms in total. The highest BCUT2D eigenvalue weighted by atomic mass is 35.5. The van der Waals surface area contributed by atoms with Gasteiger partial charge in [-0.1, -0.05) is 22.8 Å². The fourth-order valence-corrected chi connectivity index (χ4v) is 5.70. The molecule has 2 atom stereocenters. The molecule has 1 unspecified atom stereocenters. The van der Waals surface area contributed by atoms with Crippen LogP contribution in [0.25, 0.3) is 6.08 Å². The first-order valence-corrected chi connectivity index (χ1v) is 11.6. The number of thioether (sulfide) groups is 1. The van der Waals surface area contributed by atoms with Crippen molar-refractivity contribution >= 4 is 80.9 Å². The Kier molecular flexibility index (Phi) is 6.14. The van der Waals surface area contributed by atoms with E-state index in [-0.39, 0.29) is 39.7 Å². The second-order valence-corrected chi connectivity index (χ2v) is 9.58. The van der Waals surface area contributed by atoms with Gasteiger partial charge < -0.3 is 21.4 Å². The van der Waals surface area contributed by atoms with Gasteiger partial charge in [-0.3, -0.25) is 14.5 Å². The molecular formula is C16H12ClN7O5S3. The Morgan fingerprint density at radius 2 is 2.19 bits per heavy atom. The van der Waals surface area contributed by atoms with E-state index in [0.29, 0.717) is 4.88 Å². The van der Waals surface area contributed by atoms with Crippen molar-refractivity contribution < 1.29 is 24.7 Å². The number of hydrogen-bond donors (Lipinski definition) is 4. The zero-order valence-corrected chi connectivity index (χ0v) is 18.8. The van der Waals surface area contributed by atoms with Gasteiger partial charge in [-0.25, -0.2) is 9.78 Å². The van der Waals surface area contributed by atoms with Gasteiger partial charge in [-0.05, 0) is 6.08 Å². The van der Waals surface area contributed by atoms with Crippen LogP contribution in [-0.2, 0) is 14.4 Å². The van der Waals surface area contributed by atoms with Crippen molar-refractivity contribution in [2.24, 2.45) is 5.16 Å². The minimum absolute atomic E-state index is 0.0720. The molecule has 4 heterocycles. The number of anilines is 1. The molecule has 1 saturated heterocycles. The highest BCUT2D eigenvalue weighted by molar-refractivity contribution is 8.00. The number of nitrogens with one attached hydrogen (secondary N) is 1. The summed E-state index contributed by atoms with van der Waals surface area (Å²) >= 11 is 9.22. The van der Waals surface area contributed by atoms with E-state index in [1.807, 2.05) is 0 Å². The quantitative estimate of drug-likeness (QED) is 0.189. The predicted molar refractivity (Wildman–Crippen MR) is 118 cm³/mol. The SMILES string of the molecule is Nc1nc(C(=NO)C(=O)NC2S[C@H]3CC(=O)N3C(C(=O)O)=C2C=Cc2scnc2Cl)ns1. The average Bonchev–Trinajstić information content (AvgIpc) is 3.34. The summed E-state index contributed by atoms with van der Waals surface area (Å²) in [4.78, 5) is 46.4.